The number of aliphatic imine (C=N–C) groups is 1. The van der Waals surface area contributed by atoms with Crippen LogP contribution in [0.3, 0.4) is 0 Å². The average molecular weight is 499 g/mol. The summed E-state index contributed by atoms with van der Waals surface area (Å²) in [6, 6.07) is 6.90. The fourth-order valence-corrected chi connectivity index (χ4v) is 3.77. The number of ether oxygens (including phenoxy) is 1. The molecule has 0 atom stereocenters. The Kier molecular flexibility index (Phi) is 8.96. The second-order valence-electron chi connectivity index (χ2n) is 6.87. The number of hydrogen-bond donors (Lipinski definition) is 2. The summed E-state index contributed by atoms with van der Waals surface area (Å²) in [7, 11) is -4.17. The molecule has 0 fully saturated rings. The molecule has 7 nitrogen and oxygen atoms in total. The lowest BCUT2D eigenvalue weighted by molar-refractivity contribution is -0.153. The van der Waals surface area contributed by atoms with E-state index in [4.69, 9.17) is 0 Å². The number of carbonyl (C=O) groups is 1. The molecule has 0 unspecified atom stereocenters. The number of allylic oxidation sites excluding steroid dienone is 2. The Bertz CT molecular complexity index is 1190. The van der Waals surface area contributed by atoms with E-state index in [-0.39, 0.29) is 11.4 Å². The molecule has 0 spiro atoms. The van der Waals surface area contributed by atoms with Gasteiger partial charge in [-0.1, -0.05) is 11.6 Å². The van der Waals surface area contributed by atoms with Crippen LogP contribution in [-0.4, -0.2) is 40.5 Å². The van der Waals surface area contributed by atoms with E-state index in [1.165, 1.54) is 30.5 Å². The summed E-state index contributed by atoms with van der Waals surface area (Å²) in [5.74, 6) is -1.97. The van der Waals surface area contributed by atoms with E-state index in [0.29, 0.717) is 11.8 Å². The minimum Gasteiger partial charge on any atom is -0.481 e. The van der Waals surface area contributed by atoms with Crippen molar-refractivity contribution in [3.8, 4) is 5.75 Å². The van der Waals surface area contributed by atoms with Crippen LogP contribution in [-0.2, 0) is 9.84 Å². The van der Waals surface area contributed by atoms with Crippen LogP contribution < -0.4 is 15.4 Å². The molecule has 0 aromatic heterocycles. The Labute approximate surface area is 193 Å². The highest BCUT2D eigenvalue weighted by atomic mass is 32.2. The number of halogens is 4. The van der Waals surface area contributed by atoms with Gasteiger partial charge in [-0.15, -0.1) is 0 Å². The first-order valence-corrected chi connectivity index (χ1v) is 11.1. The summed E-state index contributed by atoms with van der Waals surface area (Å²) in [5, 5.41) is 5.16. The van der Waals surface area contributed by atoms with Gasteiger partial charge in [0.25, 0.3) is 0 Å². The minimum absolute atomic E-state index is 0.205. The van der Waals surface area contributed by atoms with Crippen molar-refractivity contribution in [3.63, 3.8) is 0 Å². The van der Waals surface area contributed by atoms with Crippen molar-refractivity contribution < 1.29 is 35.5 Å². The molecule has 34 heavy (non-hydrogen) atoms. The van der Waals surface area contributed by atoms with E-state index in [1.807, 2.05) is 0 Å². The van der Waals surface area contributed by atoms with Crippen LogP contribution in [0.5, 0.6) is 5.75 Å². The Balaban J connectivity index is 2.05. The van der Waals surface area contributed by atoms with Gasteiger partial charge in [0.05, 0.1) is 9.79 Å². The normalized spacial score (nSPS) is 12.4. The van der Waals surface area contributed by atoms with Gasteiger partial charge in [0, 0.05) is 18.4 Å². The minimum atomic E-state index is -4.67. The van der Waals surface area contributed by atoms with Crippen molar-refractivity contribution in [1.29, 1.82) is 0 Å². The van der Waals surface area contributed by atoms with Gasteiger partial charge in [-0.05, 0) is 62.2 Å². The summed E-state index contributed by atoms with van der Waals surface area (Å²) in [6.07, 6.45) is 0.228. The predicted octanol–water partition coefficient (Wildman–Crippen LogP) is 4.88. The molecule has 2 amide bonds. The molecule has 0 saturated carbocycles. The van der Waals surface area contributed by atoms with Gasteiger partial charge in [-0.2, -0.15) is 13.2 Å². The highest BCUT2D eigenvalue weighted by Crippen LogP contribution is 2.27. The van der Waals surface area contributed by atoms with Crippen LogP contribution >= 0.6 is 0 Å². The quantitative estimate of drug-likeness (QED) is 0.292. The molecule has 2 N–H and O–H groups in total. The van der Waals surface area contributed by atoms with Gasteiger partial charge >= 0.3 is 12.2 Å². The Morgan fingerprint density at radius 2 is 1.79 bits per heavy atom. The smallest absolute Gasteiger partial charge is 0.422 e. The van der Waals surface area contributed by atoms with Crippen molar-refractivity contribution >= 4 is 28.3 Å². The van der Waals surface area contributed by atoms with E-state index in [1.54, 1.807) is 19.1 Å². The van der Waals surface area contributed by atoms with Crippen LogP contribution in [0.2, 0.25) is 0 Å². The molecule has 2 aromatic rings. The first kappa shape index (κ1) is 26.6. The number of hydrogen-bond acceptors (Lipinski definition) is 5. The van der Waals surface area contributed by atoms with Crippen molar-refractivity contribution in [2.24, 2.45) is 4.99 Å². The zero-order chi connectivity index (χ0) is 25.4. The molecule has 12 heteroatoms. The summed E-state index contributed by atoms with van der Waals surface area (Å²) in [4.78, 5) is 14.9. The zero-order valence-electron chi connectivity index (χ0n) is 17.9. The lowest BCUT2D eigenvalue weighted by Gasteiger charge is -2.11. The number of rotatable bonds is 9. The predicted molar refractivity (Wildman–Crippen MR) is 119 cm³/mol. The number of benzene rings is 2. The van der Waals surface area contributed by atoms with Crippen molar-refractivity contribution in [2.75, 3.05) is 18.5 Å². The van der Waals surface area contributed by atoms with Crippen LogP contribution in [0.25, 0.3) is 0 Å². The number of nitrogens with zero attached hydrogens (tertiary/aromatic N) is 1. The summed E-state index contributed by atoms with van der Waals surface area (Å²) < 4.78 is 80.5. The van der Waals surface area contributed by atoms with E-state index in [2.05, 4.69) is 27.1 Å². The number of anilines is 1. The maximum Gasteiger partial charge on any atom is 0.422 e. The number of amides is 2. The fraction of sp³-hybridized carbons (Fsp3) is 0.182. The van der Waals surface area contributed by atoms with Crippen LogP contribution in [0.15, 0.2) is 81.2 Å². The molecule has 2 aromatic carbocycles. The SMILES string of the molecule is C=N/C=C\C=C(/C)CNC(=O)Nc1ccc(S(=O)(=O)c2ccc(OCC(F)(F)F)c(F)c2)cc1. The summed E-state index contributed by atoms with van der Waals surface area (Å²) in [5.41, 5.74) is 1.15. The third-order valence-electron chi connectivity index (χ3n) is 4.13. The maximum absolute atomic E-state index is 14.1. The highest BCUT2D eigenvalue weighted by molar-refractivity contribution is 7.91. The van der Waals surface area contributed by atoms with Gasteiger partial charge in [-0.25, -0.2) is 17.6 Å². The van der Waals surface area contributed by atoms with Crippen molar-refractivity contribution in [2.45, 2.75) is 22.9 Å². The molecule has 2 rings (SSSR count). The zero-order valence-corrected chi connectivity index (χ0v) is 18.7. The largest absolute Gasteiger partial charge is 0.481 e. The van der Waals surface area contributed by atoms with Crippen LogP contribution in [0.1, 0.15) is 6.92 Å². The molecule has 0 aliphatic rings. The number of nitrogens with one attached hydrogen (secondary N) is 2. The molecule has 0 aliphatic carbocycles. The molecule has 182 valence electrons. The van der Waals surface area contributed by atoms with Gasteiger partial charge in [0.2, 0.25) is 9.84 Å². The topological polar surface area (TPSA) is 96.9 Å². The van der Waals surface area contributed by atoms with E-state index < -0.39 is 45.1 Å². The number of sulfone groups is 1. The highest BCUT2D eigenvalue weighted by Gasteiger charge is 2.29. The third kappa shape index (κ3) is 8.03. The van der Waals surface area contributed by atoms with Crippen molar-refractivity contribution in [3.05, 3.63) is 72.2 Å². The number of urea groups is 1. The molecule has 0 aliphatic heterocycles. The second kappa shape index (κ2) is 11.5. The molecule has 0 saturated heterocycles. The summed E-state index contributed by atoms with van der Waals surface area (Å²) in [6.45, 7) is 3.64. The van der Waals surface area contributed by atoms with E-state index in [9.17, 15) is 30.8 Å². The Morgan fingerprint density at radius 1 is 1.15 bits per heavy atom. The van der Waals surface area contributed by atoms with Gasteiger partial charge in [-0.3, -0.25) is 4.99 Å². The lowest BCUT2D eigenvalue weighted by atomic mass is 10.3. The Hall–Kier alpha value is -3.67. The molecule has 0 radical (unpaired) electrons. The van der Waals surface area contributed by atoms with Gasteiger partial charge < -0.3 is 15.4 Å². The monoisotopic (exact) mass is 499 g/mol. The number of alkyl halides is 3. The molecular formula is C22H21F4N3O4S. The van der Waals surface area contributed by atoms with Gasteiger partial charge in [0.15, 0.2) is 18.2 Å². The standard InChI is InChI=1S/C22H21F4N3O4S/c1-15(4-3-11-27-2)13-28-21(30)29-16-5-7-17(8-6-16)34(31,32)18-9-10-20(19(23)12-18)33-14-22(24,25)26/h3-12H,2,13-14H2,1H3,(H2,28,29,30)/b11-3-,15-4+. The van der Waals surface area contributed by atoms with Gasteiger partial charge in [0.1, 0.15) is 0 Å². The number of carbonyl (C=O) groups excluding carboxylic acids is 1. The average Bonchev–Trinajstić information content (AvgIpc) is 2.77. The third-order valence-corrected chi connectivity index (χ3v) is 5.89. The molecule has 0 bridgehead atoms. The molecule has 0 heterocycles. The van der Waals surface area contributed by atoms with E-state index >= 15 is 0 Å². The Morgan fingerprint density at radius 3 is 2.38 bits per heavy atom. The molecular weight excluding hydrogens is 478 g/mol. The second-order valence-corrected chi connectivity index (χ2v) is 8.82. The maximum atomic E-state index is 14.1. The fourth-order valence-electron chi connectivity index (χ4n) is 2.50. The summed E-state index contributed by atoms with van der Waals surface area (Å²) >= 11 is 0. The van der Waals surface area contributed by atoms with Crippen molar-refractivity contribution in [1.82, 2.24) is 5.32 Å². The first-order chi connectivity index (χ1) is 15.9. The first-order valence-electron chi connectivity index (χ1n) is 9.59. The van der Waals surface area contributed by atoms with Crippen LogP contribution in [0.4, 0.5) is 28.0 Å². The van der Waals surface area contributed by atoms with Crippen LogP contribution in [0, 0.1) is 5.82 Å². The lowest BCUT2D eigenvalue weighted by Crippen LogP contribution is -2.29. The van der Waals surface area contributed by atoms with E-state index in [0.717, 1.165) is 17.7 Å².